The van der Waals surface area contributed by atoms with E-state index in [9.17, 15) is 19.5 Å². The number of amides is 2. The summed E-state index contributed by atoms with van der Waals surface area (Å²) >= 11 is 0. The zero-order valence-electron chi connectivity index (χ0n) is 18.2. The van der Waals surface area contributed by atoms with Crippen LogP contribution in [-0.4, -0.2) is 34.5 Å². The highest BCUT2D eigenvalue weighted by atomic mass is 16.5. The van der Waals surface area contributed by atoms with E-state index in [2.05, 4.69) is 10.6 Å². The summed E-state index contributed by atoms with van der Waals surface area (Å²) in [5.74, 6) is -1.81. The van der Waals surface area contributed by atoms with Crippen LogP contribution in [0.15, 0.2) is 30.3 Å². The Morgan fingerprint density at radius 3 is 2.31 bits per heavy atom. The highest BCUT2D eigenvalue weighted by Gasteiger charge is 2.18. The molecule has 0 unspecified atom stereocenters. The van der Waals surface area contributed by atoms with E-state index in [0.717, 1.165) is 12.8 Å². The van der Waals surface area contributed by atoms with Gasteiger partial charge in [-0.3, -0.25) is 9.59 Å². The summed E-state index contributed by atoms with van der Waals surface area (Å²) in [7, 11) is 0. The first kappa shape index (κ1) is 23.1. The quantitative estimate of drug-likeness (QED) is 0.501. The fourth-order valence-corrected chi connectivity index (χ4v) is 3.97. The zero-order valence-corrected chi connectivity index (χ0v) is 18.2. The number of aryl methyl sites for hydroxylation is 2. The van der Waals surface area contributed by atoms with Gasteiger partial charge in [0.05, 0.1) is 5.56 Å². The topological polar surface area (TPSA) is 125 Å². The van der Waals surface area contributed by atoms with E-state index in [-0.39, 0.29) is 17.2 Å². The number of hydrogen-bond donors (Lipinski definition) is 4. The number of carbonyl (C=O) groups excluding carboxylic acids is 2. The molecule has 1 fully saturated rings. The van der Waals surface area contributed by atoms with Gasteiger partial charge in [0.25, 0.3) is 5.91 Å². The maximum atomic E-state index is 12.6. The van der Waals surface area contributed by atoms with Gasteiger partial charge in [-0.2, -0.15) is 0 Å². The van der Waals surface area contributed by atoms with E-state index in [1.54, 1.807) is 32.0 Å². The number of phenolic OH excluding ortho intramolecular Hbond substituents is 1. The largest absolute Gasteiger partial charge is 0.507 e. The number of anilines is 1. The normalized spacial score (nSPS) is 13.9. The number of carboxylic acids is 1. The van der Waals surface area contributed by atoms with Crippen LogP contribution in [0.5, 0.6) is 17.2 Å². The predicted molar refractivity (Wildman–Crippen MR) is 119 cm³/mol. The Kier molecular flexibility index (Phi) is 7.35. The number of rotatable bonds is 6. The number of carbonyl (C=O) groups is 3. The second kappa shape index (κ2) is 10.2. The van der Waals surface area contributed by atoms with Crippen LogP contribution in [0.25, 0.3) is 0 Å². The van der Waals surface area contributed by atoms with Gasteiger partial charge in [-0.25, -0.2) is 4.79 Å². The van der Waals surface area contributed by atoms with Gasteiger partial charge >= 0.3 is 11.9 Å². The van der Waals surface area contributed by atoms with Crippen LogP contribution in [0.2, 0.25) is 0 Å². The smallest absolute Gasteiger partial charge is 0.394 e. The molecule has 8 heteroatoms. The second-order valence-corrected chi connectivity index (χ2v) is 8.19. The Hall–Kier alpha value is -3.55. The lowest BCUT2D eigenvalue weighted by molar-refractivity contribution is -0.147. The summed E-state index contributed by atoms with van der Waals surface area (Å²) in [6, 6.07) is 7.66. The molecule has 0 radical (unpaired) electrons. The van der Waals surface area contributed by atoms with Crippen molar-refractivity contribution >= 4 is 23.5 Å². The molecule has 0 aromatic heterocycles. The van der Waals surface area contributed by atoms with Gasteiger partial charge in [0.1, 0.15) is 17.2 Å². The zero-order chi connectivity index (χ0) is 23.3. The molecule has 2 aromatic carbocycles. The van der Waals surface area contributed by atoms with Crippen LogP contribution in [-0.2, 0) is 9.59 Å². The van der Waals surface area contributed by atoms with Crippen molar-refractivity contribution in [2.75, 3.05) is 11.9 Å². The van der Waals surface area contributed by atoms with E-state index in [1.165, 1.54) is 31.4 Å². The minimum Gasteiger partial charge on any atom is -0.507 e. The number of benzene rings is 2. The maximum Gasteiger partial charge on any atom is 0.394 e. The first-order chi connectivity index (χ1) is 15.2. The third-order valence-electron chi connectivity index (χ3n) is 5.62. The third-order valence-corrected chi connectivity index (χ3v) is 5.62. The molecule has 2 amide bonds. The second-order valence-electron chi connectivity index (χ2n) is 8.19. The van der Waals surface area contributed by atoms with Crippen LogP contribution < -0.4 is 15.4 Å². The van der Waals surface area contributed by atoms with E-state index in [0.29, 0.717) is 40.8 Å². The molecular weight excluding hydrogens is 412 g/mol. The average molecular weight is 440 g/mol. The van der Waals surface area contributed by atoms with Gasteiger partial charge in [-0.05, 0) is 74.1 Å². The number of carboxylic acid groups (broad SMARTS) is 1. The predicted octanol–water partition coefficient (Wildman–Crippen LogP) is 4.13. The molecule has 4 N–H and O–H groups in total. The van der Waals surface area contributed by atoms with Crippen molar-refractivity contribution in [2.45, 2.75) is 46.0 Å². The summed E-state index contributed by atoms with van der Waals surface area (Å²) in [4.78, 5) is 34.8. The van der Waals surface area contributed by atoms with Crippen LogP contribution in [0.1, 0.15) is 53.6 Å². The minimum absolute atomic E-state index is 0.126. The fourth-order valence-electron chi connectivity index (χ4n) is 3.97. The van der Waals surface area contributed by atoms with Gasteiger partial charge in [0, 0.05) is 12.2 Å². The molecule has 8 nitrogen and oxygen atoms in total. The number of ether oxygens (including phenoxy) is 1. The molecule has 0 atom stereocenters. The van der Waals surface area contributed by atoms with Crippen molar-refractivity contribution in [3.8, 4) is 17.2 Å². The summed E-state index contributed by atoms with van der Waals surface area (Å²) in [6.07, 6.45) is 5.84. The molecule has 0 saturated heterocycles. The molecule has 1 aliphatic rings. The fraction of sp³-hybridized carbons (Fsp3) is 0.375. The molecule has 32 heavy (non-hydrogen) atoms. The number of aromatic hydroxyl groups is 1. The summed E-state index contributed by atoms with van der Waals surface area (Å²) in [6.45, 7) is 4.11. The Balaban J connectivity index is 1.73. The molecular formula is C24H28N2O6. The SMILES string of the molecule is Cc1cc(NC(=O)C(=O)O)cc(C)c1Oc1ccc(O)c(C(=O)NCC2CCCCC2)c1. The van der Waals surface area contributed by atoms with E-state index < -0.39 is 11.9 Å². The van der Waals surface area contributed by atoms with Crippen LogP contribution in [0, 0.1) is 19.8 Å². The summed E-state index contributed by atoms with van der Waals surface area (Å²) < 4.78 is 5.97. The lowest BCUT2D eigenvalue weighted by atomic mass is 9.89. The number of phenols is 1. The lowest BCUT2D eigenvalue weighted by Gasteiger charge is -2.22. The number of nitrogens with one attached hydrogen (secondary N) is 2. The molecule has 1 aliphatic carbocycles. The molecule has 0 bridgehead atoms. The first-order valence-corrected chi connectivity index (χ1v) is 10.7. The van der Waals surface area contributed by atoms with Gasteiger partial charge in [-0.1, -0.05) is 19.3 Å². The van der Waals surface area contributed by atoms with Gasteiger partial charge in [-0.15, -0.1) is 0 Å². The van der Waals surface area contributed by atoms with E-state index in [4.69, 9.17) is 9.84 Å². The molecule has 3 rings (SSSR count). The standard InChI is InChI=1S/C24H28N2O6/c1-14-10-17(26-23(29)24(30)31)11-15(2)21(14)32-18-8-9-20(27)19(12-18)22(28)25-13-16-6-4-3-5-7-16/h8-12,16,27H,3-7,13H2,1-2H3,(H,25,28)(H,26,29)(H,30,31). The molecule has 0 heterocycles. The molecule has 0 spiro atoms. The molecule has 1 saturated carbocycles. The van der Waals surface area contributed by atoms with Crippen molar-refractivity contribution < 1.29 is 29.3 Å². The van der Waals surface area contributed by atoms with Crippen LogP contribution in [0.4, 0.5) is 5.69 Å². The number of aliphatic carboxylic acids is 1. The minimum atomic E-state index is -1.57. The van der Waals surface area contributed by atoms with Crippen molar-refractivity contribution in [1.29, 1.82) is 0 Å². The molecule has 170 valence electrons. The number of hydrogen-bond acceptors (Lipinski definition) is 5. The van der Waals surface area contributed by atoms with Gasteiger partial charge in [0.2, 0.25) is 0 Å². The summed E-state index contributed by atoms with van der Waals surface area (Å²) in [5.41, 5.74) is 1.82. The molecule has 2 aromatic rings. The van der Waals surface area contributed by atoms with Gasteiger partial charge in [0.15, 0.2) is 0 Å². The van der Waals surface area contributed by atoms with E-state index >= 15 is 0 Å². The van der Waals surface area contributed by atoms with Crippen molar-refractivity contribution in [3.05, 3.63) is 47.0 Å². The van der Waals surface area contributed by atoms with Gasteiger partial charge < -0.3 is 25.6 Å². The Morgan fingerprint density at radius 1 is 1.03 bits per heavy atom. The highest BCUT2D eigenvalue weighted by molar-refractivity contribution is 6.36. The van der Waals surface area contributed by atoms with Crippen molar-refractivity contribution in [1.82, 2.24) is 5.32 Å². The highest BCUT2D eigenvalue weighted by Crippen LogP contribution is 2.33. The Labute approximate surface area is 186 Å². The molecule has 0 aliphatic heterocycles. The third kappa shape index (κ3) is 5.78. The Bertz CT molecular complexity index is 1000. The first-order valence-electron chi connectivity index (χ1n) is 10.7. The summed E-state index contributed by atoms with van der Waals surface area (Å²) in [5, 5.41) is 24.1. The van der Waals surface area contributed by atoms with Crippen LogP contribution in [0.3, 0.4) is 0 Å². The van der Waals surface area contributed by atoms with Crippen LogP contribution >= 0.6 is 0 Å². The average Bonchev–Trinajstić information content (AvgIpc) is 2.76. The van der Waals surface area contributed by atoms with Crippen molar-refractivity contribution in [2.24, 2.45) is 5.92 Å². The van der Waals surface area contributed by atoms with E-state index in [1.807, 2.05) is 0 Å². The monoisotopic (exact) mass is 440 g/mol. The lowest BCUT2D eigenvalue weighted by Crippen LogP contribution is -2.30. The maximum absolute atomic E-state index is 12.6. The van der Waals surface area contributed by atoms with Crippen molar-refractivity contribution in [3.63, 3.8) is 0 Å². The Morgan fingerprint density at radius 2 is 1.69 bits per heavy atom.